The van der Waals surface area contributed by atoms with Crippen molar-refractivity contribution >= 4 is 0 Å². The summed E-state index contributed by atoms with van der Waals surface area (Å²) in [6.07, 6.45) is 0. The summed E-state index contributed by atoms with van der Waals surface area (Å²) in [6.45, 7) is 10.2. The van der Waals surface area contributed by atoms with Crippen LogP contribution in [-0.2, 0) is 13.6 Å². The first-order chi connectivity index (χ1) is 7.56. The molecule has 0 aliphatic carbocycles. The molecule has 0 saturated heterocycles. The molecule has 0 amide bonds. The van der Waals surface area contributed by atoms with Gasteiger partial charge in [0.2, 0.25) is 0 Å². The standard InChI is InChI=1S/C12H24N4/c1-5-16(8-10(2)7-13)9-12-6-11(3)14-15(12)4/h6,10H,5,7-9,13H2,1-4H3. The molecule has 0 saturated carbocycles. The molecular formula is C12H24N4. The number of nitrogens with two attached hydrogens (primary N) is 1. The van der Waals surface area contributed by atoms with Crippen LogP contribution in [-0.4, -0.2) is 34.3 Å². The molecule has 2 N–H and O–H groups in total. The minimum Gasteiger partial charge on any atom is -0.330 e. The number of aromatic nitrogens is 2. The molecule has 16 heavy (non-hydrogen) atoms. The van der Waals surface area contributed by atoms with Crippen molar-refractivity contribution in [1.29, 1.82) is 0 Å². The molecule has 0 radical (unpaired) electrons. The molecule has 1 rings (SSSR count). The van der Waals surface area contributed by atoms with E-state index in [1.807, 2.05) is 18.7 Å². The van der Waals surface area contributed by atoms with Crippen molar-refractivity contribution in [3.05, 3.63) is 17.5 Å². The molecule has 92 valence electrons. The van der Waals surface area contributed by atoms with Gasteiger partial charge in [-0.3, -0.25) is 9.58 Å². The molecular weight excluding hydrogens is 200 g/mol. The number of hydrogen-bond donors (Lipinski definition) is 1. The van der Waals surface area contributed by atoms with Crippen LogP contribution in [0.5, 0.6) is 0 Å². The molecule has 4 nitrogen and oxygen atoms in total. The average Bonchev–Trinajstić information content (AvgIpc) is 2.56. The number of aryl methyl sites for hydroxylation is 2. The third kappa shape index (κ3) is 3.61. The van der Waals surface area contributed by atoms with E-state index in [-0.39, 0.29) is 0 Å². The highest BCUT2D eigenvalue weighted by atomic mass is 15.3. The van der Waals surface area contributed by atoms with Crippen molar-refractivity contribution in [2.45, 2.75) is 27.3 Å². The lowest BCUT2D eigenvalue weighted by atomic mass is 10.1. The van der Waals surface area contributed by atoms with E-state index in [1.165, 1.54) is 5.69 Å². The van der Waals surface area contributed by atoms with E-state index in [9.17, 15) is 0 Å². The molecule has 1 atom stereocenters. The summed E-state index contributed by atoms with van der Waals surface area (Å²) in [6, 6.07) is 2.15. The predicted octanol–water partition coefficient (Wildman–Crippen LogP) is 1.15. The van der Waals surface area contributed by atoms with Crippen LogP contribution in [0.25, 0.3) is 0 Å². The number of hydrogen-bond acceptors (Lipinski definition) is 3. The van der Waals surface area contributed by atoms with Gasteiger partial charge in [0.1, 0.15) is 0 Å². The quantitative estimate of drug-likeness (QED) is 0.788. The van der Waals surface area contributed by atoms with Crippen LogP contribution in [0, 0.1) is 12.8 Å². The van der Waals surface area contributed by atoms with Crippen LogP contribution in [0.4, 0.5) is 0 Å². The predicted molar refractivity (Wildman–Crippen MR) is 67.1 cm³/mol. The van der Waals surface area contributed by atoms with Crippen LogP contribution in [0.2, 0.25) is 0 Å². The largest absolute Gasteiger partial charge is 0.330 e. The third-order valence-corrected chi connectivity index (χ3v) is 2.90. The van der Waals surface area contributed by atoms with Gasteiger partial charge in [-0.25, -0.2) is 0 Å². The van der Waals surface area contributed by atoms with Crippen molar-refractivity contribution in [3.8, 4) is 0 Å². The molecule has 0 aliphatic rings. The van der Waals surface area contributed by atoms with Gasteiger partial charge in [0, 0.05) is 20.1 Å². The maximum Gasteiger partial charge on any atom is 0.0597 e. The molecule has 0 aromatic carbocycles. The van der Waals surface area contributed by atoms with E-state index in [0.717, 1.165) is 31.9 Å². The molecule has 4 heteroatoms. The maximum atomic E-state index is 5.66. The van der Waals surface area contributed by atoms with Crippen LogP contribution in [0.3, 0.4) is 0 Å². The molecule has 1 aromatic rings. The number of rotatable bonds is 6. The molecule has 0 fully saturated rings. The summed E-state index contributed by atoms with van der Waals surface area (Å²) >= 11 is 0. The first kappa shape index (κ1) is 13.2. The second kappa shape index (κ2) is 6.01. The molecule has 0 aliphatic heterocycles. The fourth-order valence-electron chi connectivity index (χ4n) is 1.86. The maximum absolute atomic E-state index is 5.66. The zero-order valence-electron chi connectivity index (χ0n) is 10.9. The fourth-order valence-corrected chi connectivity index (χ4v) is 1.86. The summed E-state index contributed by atoms with van der Waals surface area (Å²) in [5.74, 6) is 0.550. The first-order valence-electron chi connectivity index (χ1n) is 5.98. The van der Waals surface area contributed by atoms with Crippen molar-refractivity contribution < 1.29 is 0 Å². The smallest absolute Gasteiger partial charge is 0.0597 e. The van der Waals surface area contributed by atoms with Crippen LogP contribution >= 0.6 is 0 Å². The van der Waals surface area contributed by atoms with Gasteiger partial charge in [-0.1, -0.05) is 13.8 Å². The Morgan fingerprint density at radius 3 is 2.69 bits per heavy atom. The molecule has 1 heterocycles. The molecule has 0 spiro atoms. The van der Waals surface area contributed by atoms with E-state index in [1.54, 1.807) is 0 Å². The van der Waals surface area contributed by atoms with Crippen LogP contribution in [0.15, 0.2) is 6.07 Å². The van der Waals surface area contributed by atoms with E-state index in [0.29, 0.717) is 5.92 Å². The molecule has 1 aromatic heterocycles. The summed E-state index contributed by atoms with van der Waals surface area (Å²) in [5, 5.41) is 4.36. The highest BCUT2D eigenvalue weighted by molar-refractivity contribution is 5.08. The van der Waals surface area contributed by atoms with Gasteiger partial charge < -0.3 is 5.73 Å². The minimum absolute atomic E-state index is 0.550. The van der Waals surface area contributed by atoms with E-state index >= 15 is 0 Å². The first-order valence-corrected chi connectivity index (χ1v) is 5.98. The van der Waals surface area contributed by atoms with Crippen molar-refractivity contribution in [1.82, 2.24) is 14.7 Å². The Hall–Kier alpha value is -0.870. The van der Waals surface area contributed by atoms with Gasteiger partial charge in [0.15, 0.2) is 0 Å². The Kier molecular flexibility index (Phi) is 4.96. The van der Waals surface area contributed by atoms with Gasteiger partial charge in [-0.05, 0) is 32.0 Å². The van der Waals surface area contributed by atoms with Crippen molar-refractivity contribution in [2.24, 2.45) is 18.7 Å². The summed E-state index contributed by atoms with van der Waals surface area (Å²) < 4.78 is 1.96. The Morgan fingerprint density at radius 1 is 1.56 bits per heavy atom. The summed E-state index contributed by atoms with van der Waals surface area (Å²) in [4.78, 5) is 2.41. The van der Waals surface area contributed by atoms with E-state index < -0.39 is 0 Å². The monoisotopic (exact) mass is 224 g/mol. The topological polar surface area (TPSA) is 47.1 Å². The van der Waals surface area contributed by atoms with Gasteiger partial charge in [-0.15, -0.1) is 0 Å². The zero-order valence-corrected chi connectivity index (χ0v) is 10.9. The highest BCUT2D eigenvalue weighted by Gasteiger charge is 2.10. The van der Waals surface area contributed by atoms with E-state index in [4.69, 9.17) is 5.73 Å². The second-order valence-corrected chi connectivity index (χ2v) is 4.57. The molecule has 0 bridgehead atoms. The lowest BCUT2D eigenvalue weighted by Crippen LogP contribution is -2.31. The Bertz CT molecular complexity index is 319. The average molecular weight is 224 g/mol. The highest BCUT2D eigenvalue weighted by Crippen LogP contribution is 2.08. The van der Waals surface area contributed by atoms with Gasteiger partial charge in [-0.2, -0.15) is 5.10 Å². The van der Waals surface area contributed by atoms with Crippen molar-refractivity contribution in [2.75, 3.05) is 19.6 Å². The Morgan fingerprint density at radius 2 is 2.25 bits per heavy atom. The van der Waals surface area contributed by atoms with Crippen molar-refractivity contribution in [3.63, 3.8) is 0 Å². The lowest BCUT2D eigenvalue weighted by molar-refractivity contribution is 0.237. The normalized spacial score (nSPS) is 13.4. The fraction of sp³-hybridized carbons (Fsp3) is 0.750. The Labute approximate surface area is 98.4 Å². The third-order valence-electron chi connectivity index (χ3n) is 2.90. The van der Waals surface area contributed by atoms with Gasteiger partial charge >= 0.3 is 0 Å². The zero-order chi connectivity index (χ0) is 12.1. The van der Waals surface area contributed by atoms with Gasteiger partial charge in [0.05, 0.1) is 11.4 Å². The minimum atomic E-state index is 0.550. The SMILES string of the molecule is CCN(Cc1cc(C)nn1C)CC(C)CN. The van der Waals surface area contributed by atoms with Crippen LogP contribution in [0.1, 0.15) is 25.2 Å². The summed E-state index contributed by atoms with van der Waals surface area (Å²) in [7, 11) is 2.00. The number of nitrogens with zero attached hydrogens (tertiary/aromatic N) is 3. The van der Waals surface area contributed by atoms with Crippen LogP contribution < -0.4 is 5.73 Å². The molecule has 1 unspecified atom stereocenters. The summed E-state index contributed by atoms with van der Waals surface area (Å²) in [5.41, 5.74) is 8.01. The van der Waals surface area contributed by atoms with Gasteiger partial charge in [0.25, 0.3) is 0 Å². The second-order valence-electron chi connectivity index (χ2n) is 4.57. The lowest BCUT2D eigenvalue weighted by Gasteiger charge is -2.23. The van der Waals surface area contributed by atoms with E-state index in [2.05, 4.69) is 29.9 Å². The Balaban J connectivity index is 2.59.